The normalized spacial score (nSPS) is 13.4. The maximum absolute atomic E-state index is 11.9. The van der Waals surface area contributed by atoms with Gasteiger partial charge in [0.05, 0.1) is 7.11 Å². The molecule has 4 nitrogen and oxygen atoms in total. The monoisotopic (exact) mass is 407 g/mol. The van der Waals surface area contributed by atoms with Crippen LogP contribution in [0, 0.1) is 0 Å². The van der Waals surface area contributed by atoms with Gasteiger partial charge in [-0.05, 0) is 72.3 Å². The molecule has 152 valence electrons. The molecule has 31 heavy (non-hydrogen) atoms. The smallest absolute Gasteiger partial charge is 0.186 e. The number of ether oxygens (including phenoxy) is 1. The number of carbonyl (C=O) groups is 2. The van der Waals surface area contributed by atoms with Crippen molar-refractivity contribution in [2.45, 2.75) is 0 Å². The summed E-state index contributed by atoms with van der Waals surface area (Å²) in [6.45, 7) is 0. The Hall–Kier alpha value is -4.18. The second-order valence-electron chi connectivity index (χ2n) is 6.99. The van der Waals surface area contributed by atoms with Gasteiger partial charge in [0.25, 0.3) is 0 Å². The molecule has 3 aromatic rings. The molecule has 0 aliphatic heterocycles. The molecule has 3 aromatic carbocycles. The van der Waals surface area contributed by atoms with Crippen LogP contribution >= 0.6 is 0 Å². The van der Waals surface area contributed by atoms with Gasteiger partial charge in [0.2, 0.25) is 0 Å². The molecule has 1 aliphatic rings. The number of para-hydroxylation sites is 1. The summed E-state index contributed by atoms with van der Waals surface area (Å²) in [6.07, 6.45) is 7.45. The van der Waals surface area contributed by atoms with Gasteiger partial charge in [-0.3, -0.25) is 9.59 Å². The van der Waals surface area contributed by atoms with Gasteiger partial charge < -0.3 is 9.64 Å². The Morgan fingerprint density at radius 2 is 1.32 bits per heavy atom. The number of allylic oxidation sites excluding steroid dienone is 5. The molecular weight excluding hydrogens is 386 g/mol. The van der Waals surface area contributed by atoms with E-state index in [4.69, 9.17) is 4.74 Å². The van der Waals surface area contributed by atoms with Crippen molar-refractivity contribution < 1.29 is 14.3 Å². The van der Waals surface area contributed by atoms with Gasteiger partial charge >= 0.3 is 0 Å². The van der Waals surface area contributed by atoms with Crippen LogP contribution in [0.5, 0.6) is 5.75 Å². The van der Waals surface area contributed by atoms with Crippen molar-refractivity contribution in [1.29, 1.82) is 0 Å². The van der Waals surface area contributed by atoms with E-state index < -0.39 is 0 Å². The summed E-state index contributed by atoms with van der Waals surface area (Å²) in [5, 5.41) is 0. The van der Waals surface area contributed by atoms with Crippen LogP contribution in [0.25, 0.3) is 6.08 Å². The van der Waals surface area contributed by atoms with E-state index in [9.17, 15) is 9.59 Å². The van der Waals surface area contributed by atoms with Crippen LogP contribution in [0.2, 0.25) is 0 Å². The van der Waals surface area contributed by atoms with Crippen molar-refractivity contribution in [3.63, 3.8) is 0 Å². The number of anilines is 3. The van der Waals surface area contributed by atoms with E-state index in [2.05, 4.69) is 17.0 Å². The third-order valence-electron chi connectivity index (χ3n) is 4.93. The van der Waals surface area contributed by atoms with Crippen molar-refractivity contribution in [2.75, 3.05) is 12.0 Å². The third kappa shape index (κ3) is 4.70. The molecule has 4 heteroatoms. The zero-order valence-corrected chi connectivity index (χ0v) is 17.1. The largest absolute Gasteiger partial charge is 0.497 e. The van der Waals surface area contributed by atoms with Crippen LogP contribution in [0.3, 0.4) is 0 Å². The number of methoxy groups -OCH3 is 1. The summed E-state index contributed by atoms with van der Waals surface area (Å²) in [7, 11) is 1.65. The molecule has 4 rings (SSSR count). The number of hydrogen-bond donors (Lipinski definition) is 0. The quantitative estimate of drug-likeness (QED) is 0.484. The summed E-state index contributed by atoms with van der Waals surface area (Å²) in [4.78, 5) is 25.5. The van der Waals surface area contributed by atoms with Gasteiger partial charge in [-0.2, -0.15) is 0 Å². The fraction of sp³-hybridized carbons (Fsp3) is 0.0370. The molecular formula is C27H21NO3. The van der Waals surface area contributed by atoms with Crippen LogP contribution < -0.4 is 9.64 Å². The number of carbonyl (C=O) groups excluding carboxylic acids is 2. The predicted molar refractivity (Wildman–Crippen MR) is 124 cm³/mol. The second-order valence-corrected chi connectivity index (χ2v) is 6.99. The summed E-state index contributed by atoms with van der Waals surface area (Å²) < 4.78 is 5.29. The minimum absolute atomic E-state index is 0.165. The molecule has 1 aliphatic carbocycles. The van der Waals surface area contributed by atoms with Gasteiger partial charge in [-0.25, -0.2) is 0 Å². The van der Waals surface area contributed by atoms with E-state index >= 15 is 0 Å². The van der Waals surface area contributed by atoms with E-state index in [0.717, 1.165) is 28.4 Å². The Morgan fingerprint density at radius 3 is 1.97 bits per heavy atom. The van der Waals surface area contributed by atoms with Gasteiger partial charge in [0.1, 0.15) is 5.75 Å². The number of ketones is 2. The highest BCUT2D eigenvalue weighted by Crippen LogP contribution is 2.35. The Bertz CT molecular complexity index is 1170. The first kappa shape index (κ1) is 20.1. The number of nitrogens with zero attached hydrogens (tertiary/aromatic N) is 1. The van der Waals surface area contributed by atoms with E-state index in [1.807, 2.05) is 72.8 Å². The number of benzene rings is 3. The van der Waals surface area contributed by atoms with E-state index in [0.29, 0.717) is 5.57 Å². The highest BCUT2D eigenvalue weighted by molar-refractivity contribution is 6.18. The molecule has 0 unspecified atom stereocenters. The number of rotatable bonds is 6. The summed E-state index contributed by atoms with van der Waals surface area (Å²) in [6, 6.07) is 26.1. The molecule has 0 radical (unpaired) electrons. The molecule has 0 saturated carbocycles. The van der Waals surface area contributed by atoms with Crippen molar-refractivity contribution in [3.05, 3.63) is 114 Å². The minimum Gasteiger partial charge on any atom is -0.497 e. The summed E-state index contributed by atoms with van der Waals surface area (Å²) in [5.41, 5.74) is 4.38. The molecule has 0 amide bonds. The van der Waals surface area contributed by atoms with Crippen LogP contribution in [0.15, 0.2) is 109 Å². The number of hydrogen-bond acceptors (Lipinski definition) is 4. The lowest BCUT2D eigenvalue weighted by Crippen LogP contribution is -2.09. The lowest BCUT2D eigenvalue weighted by molar-refractivity contribution is -0.114. The molecule has 0 aromatic heterocycles. The van der Waals surface area contributed by atoms with Crippen LogP contribution in [0.4, 0.5) is 17.1 Å². The maximum Gasteiger partial charge on any atom is 0.186 e. The van der Waals surface area contributed by atoms with Crippen molar-refractivity contribution in [3.8, 4) is 5.75 Å². The highest BCUT2D eigenvalue weighted by atomic mass is 16.5. The Kier molecular flexibility index (Phi) is 5.90. The van der Waals surface area contributed by atoms with Gasteiger partial charge in [-0.15, -0.1) is 0 Å². The van der Waals surface area contributed by atoms with E-state index in [-0.39, 0.29) is 11.6 Å². The fourth-order valence-corrected chi connectivity index (χ4v) is 3.33. The first-order chi connectivity index (χ1) is 15.1. The first-order valence-corrected chi connectivity index (χ1v) is 9.89. The van der Waals surface area contributed by atoms with Gasteiger partial charge in [0.15, 0.2) is 11.6 Å². The van der Waals surface area contributed by atoms with Crippen LogP contribution in [-0.2, 0) is 9.59 Å². The molecule has 0 bridgehead atoms. The first-order valence-electron chi connectivity index (χ1n) is 9.89. The van der Waals surface area contributed by atoms with Crippen molar-refractivity contribution >= 4 is 34.7 Å². The predicted octanol–water partition coefficient (Wildman–Crippen LogP) is 5.81. The van der Waals surface area contributed by atoms with Gasteiger partial charge in [-0.1, -0.05) is 42.5 Å². The van der Waals surface area contributed by atoms with E-state index in [1.165, 1.54) is 18.2 Å². The molecule has 0 atom stereocenters. The molecule has 0 spiro atoms. The lowest BCUT2D eigenvalue weighted by Gasteiger charge is -2.25. The topological polar surface area (TPSA) is 46.6 Å². The molecule has 0 fully saturated rings. The molecule has 0 saturated heterocycles. The zero-order chi connectivity index (χ0) is 21.6. The average molecular weight is 407 g/mol. The third-order valence-corrected chi connectivity index (χ3v) is 4.93. The SMILES string of the molecule is COc1ccc(N(c2ccccc2)c2ccc(C=CC3=CC(=O)C=CC3=O)cc2)cc1. The Labute approximate surface area is 181 Å². The highest BCUT2D eigenvalue weighted by Gasteiger charge is 2.13. The summed E-state index contributed by atoms with van der Waals surface area (Å²) >= 11 is 0. The van der Waals surface area contributed by atoms with Crippen molar-refractivity contribution in [2.24, 2.45) is 0 Å². The van der Waals surface area contributed by atoms with Crippen molar-refractivity contribution in [1.82, 2.24) is 0 Å². The maximum atomic E-state index is 11.9. The zero-order valence-electron chi connectivity index (χ0n) is 17.1. The van der Waals surface area contributed by atoms with Crippen LogP contribution in [0.1, 0.15) is 5.56 Å². The van der Waals surface area contributed by atoms with E-state index in [1.54, 1.807) is 13.2 Å². The summed E-state index contributed by atoms with van der Waals surface area (Å²) in [5.74, 6) is 0.465. The van der Waals surface area contributed by atoms with Crippen LogP contribution in [-0.4, -0.2) is 18.7 Å². The fourth-order valence-electron chi connectivity index (χ4n) is 3.33. The second kappa shape index (κ2) is 9.09. The molecule has 0 N–H and O–H groups in total. The lowest BCUT2D eigenvalue weighted by atomic mass is 10.0. The minimum atomic E-state index is -0.174. The molecule has 0 heterocycles. The average Bonchev–Trinajstić information content (AvgIpc) is 2.82. The Balaban J connectivity index is 1.63. The van der Waals surface area contributed by atoms with Gasteiger partial charge in [0, 0.05) is 22.6 Å². The Morgan fingerprint density at radius 1 is 0.710 bits per heavy atom. The standard InChI is InChI=1S/C27H21NO3/c1-31-26-16-13-24(14-17-26)28(22-5-3-2-4-6-22)23-11-8-20(9-12-23)7-10-21-19-25(29)15-18-27(21)30/h2-19H,1H3.